The predicted molar refractivity (Wildman–Crippen MR) is 113 cm³/mol. The van der Waals surface area contributed by atoms with Crippen molar-refractivity contribution >= 4 is 35.0 Å². The molecule has 1 atom stereocenters. The molecule has 1 unspecified atom stereocenters. The first-order valence-corrected chi connectivity index (χ1v) is 10.1. The van der Waals surface area contributed by atoms with Crippen LogP contribution in [0.5, 0.6) is 0 Å². The highest BCUT2D eigenvalue weighted by Crippen LogP contribution is 2.43. The van der Waals surface area contributed by atoms with Crippen LogP contribution < -0.4 is 10.2 Å². The molecule has 1 heterocycles. The normalized spacial score (nSPS) is 17.3. The maximum absolute atomic E-state index is 12.6. The van der Waals surface area contributed by atoms with Gasteiger partial charge in [-0.1, -0.05) is 45.0 Å². The van der Waals surface area contributed by atoms with Crippen LogP contribution in [0.2, 0.25) is 0 Å². The lowest BCUT2D eigenvalue weighted by atomic mass is 9.95. The summed E-state index contributed by atoms with van der Waals surface area (Å²) in [4.78, 5) is 26.6. The topological polar surface area (TPSA) is 49.4 Å². The molecule has 1 fully saturated rings. The van der Waals surface area contributed by atoms with Crippen molar-refractivity contribution in [1.82, 2.24) is 0 Å². The number of benzene rings is 2. The summed E-state index contributed by atoms with van der Waals surface area (Å²) in [5, 5.41) is 2.89. The second kappa shape index (κ2) is 7.39. The molecule has 142 valence electrons. The Kier molecular flexibility index (Phi) is 5.33. The van der Waals surface area contributed by atoms with E-state index in [1.54, 1.807) is 11.8 Å². The van der Waals surface area contributed by atoms with Gasteiger partial charge in [0.2, 0.25) is 11.8 Å². The van der Waals surface area contributed by atoms with Gasteiger partial charge in [0.25, 0.3) is 0 Å². The number of amides is 2. The third kappa shape index (κ3) is 4.03. The summed E-state index contributed by atoms with van der Waals surface area (Å²) in [6.07, 6.45) is 0. The van der Waals surface area contributed by atoms with Crippen molar-refractivity contribution in [3.8, 4) is 0 Å². The first-order chi connectivity index (χ1) is 12.7. The van der Waals surface area contributed by atoms with Gasteiger partial charge in [0, 0.05) is 16.8 Å². The van der Waals surface area contributed by atoms with Gasteiger partial charge in [0.1, 0.15) is 5.37 Å². The number of aryl methyl sites for hydroxylation is 1. The van der Waals surface area contributed by atoms with Crippen molar-refractivity contribution in [1.29, 1.82) is 0 Å². The minimum absolute atomic E-state index is 0.0160. The molecule has 2 aromatic rings. The van der Waals surface area contributed by atoms with Crippen molar-refractivity contribution in [2.75, 3.05) is 16.0 Å². The van der Waals surface area contributed by atoms with Gasteiger partial charge in [0.15, 0.2) is 0 Å². The molecule has 2 aromatic carbocycles. The summed E-state index contributed by atoms with van der Waals surface area (Å²) in [5.74, 6) is 0.585. The van der Waals surface area contributed by atoms with E-state index in [2.05, 4.69) is 25.2 Å². The first kappa shape index (κ1) is 19.5. The predicted octanol–water partition coefficient (Wildman–Crippen LogP) is 5.07. The van der Waals surface area contributed by atoms with E-state index in [1.165, 1.54) is 5.56 Å². The second-order valence-corrected chi connectivity index (χ2v) is 9.04. The molecular weight excluding hydrogens is 356 g/mol. The minimum Gasteiger partial charge on any atom is -0.326 e. The fraction of sp³-hybridized carbons (Fsp3) is 0.364. The van der Waals surface area contributed by atoms with Crippen LogP contribution in [0.1, 0.15) is 42.8 Å². The van der Waals surface area contributed by atoms with Gasteiger partial charge in [-0.25, -0.2) is 0 Å². The number of anilines is 2. The molecule has 2 amide bonds. The van der Waals surface area contributed by atoms with E-state index >= 15 is 0 Å². The largest absolute Gasteiger partial charge is 0.326 e. The van der Waals surface area contributed by atoms with Crippen LogP contribution in [0.4, 0.5) is 11.4 Å². The molecule has 1 aliphatic rings. The van der Waals surface area contributed by atoms with E-state index in [9.17, 15) is 9.59 Å². The van der Waals surface area contributed by atoms with E-state index in [0.29, 0.717) is 5.75 Å². The van der Waals surface area contributed by atoms with Gasteiger partial charge in [0.05, 0.1) is 5.75 Å². The van der Waals surface area contributed by atoms with Gasteiger partial charge in [-0.2, -0.15) is 0 Å². The summed E-state index contributed by atoms with van der Waals surface area (Å²) >= 11 is 1.63. The van der Waals surface area contributed by atoms with Crippen LogP contribution in [-0.4, -0.2) is 17.6 Å². The number of hydrogen-bond acceptors (Lipinski definition) is 3. The number of carbonyl (C=O) groups is 2. The Morgan fingerprint density at radius 3 is 2.41 bits per heavy atom. The fourth-order valence-electron chi connectivity index (χ4n) is 2.98. The van der Waals surface area contributed by atoms with Crippen LogP contribution in [0.3, 0.4) is 0 Å². The van der Waals surface area contributed by atoms with Crippen molar-refractivity contribution in [3.63, 3.8) is 0 Å². The standard InChI is InChI=1S/C22H26N2O2S/c1-14-7-6-8-18(15(14)2)24-19(25)13-27-20(24)16-9-11-17(12-10-16)23-21(26)22(3,4)5/h6-12,20H,13H2,1-5H3,(H,23,26). The number of carbonyl (C=O) groups excluding carboxylic acids is 2. The number of hydrogen-bond donors (Lipinski definition) is 1. The third-order valence-electron chi connectivity index (χ3n) is 4.84. The summed E-state index contributed by atoms with van der Waals surface area (Å²) in [6.45, 7) is 9.79. The highest BCUT2D eigenvalue weighted by Gasteiger charge is 2.35. The van der Waals surface area contributed by atoms with E-state index in [1.807, 2.05) is 62.1 Å². The highest BCUT2D eigenvalue weighted by atomic mass is 32.2. The molecule has 0 aromatic heterocycles. The maximum atomic E-state index is 12.6. The zero-order valence-corrected chi connectivity index (χ0v) is 17.3. The van der Waals surface area contributed by atoms with Crippen LogP contribution in [0.25, 0.3) is 0 Å². The first-order valence-electron chi connectivity index (χ1n) is 9.10. The van der Waals surface area contributed by atoms with Gasteiger partial charge >= 0.3 is 0 Å². The minimum atomic E-state index is -0.439. The molecule has 0 aliphatic carbocycles. The molecule has 0 saturated carbocycles. The van der Waals surface area contributed by atoms with E-state index in [4.69, 9.17) is 0 Å². The number of rotatable bonds is 3. The van der Waals surface area contributed by atoms with Crippen molar-refractivity contribution in [2.45, 2.75) is 40.0 Å². The molecule has 0 bridgehead atoms. The van der Waals surface area contributed by atoms with Crippen molar-refractivity contribution in [2.24, 2.45) is 5.41 Å². The molecule has 0 radical (unpaired) electrons. The van der Waals surface area contributed by atoms with Crippen LogP contribution in [0, 0.1) is 19.3 Å². The Morgan fingerprint density at radius 1 is 1.11 bits per heavy atom. The van der Waals surface area contributed by atoms with Gasteiger partial charge in [-0.05, 0) is 48.7 Å². The lowest BCUT2D eigenvalue weighted by Crippen LogP contribution is -2.29. The molecule has 5 heteroatoms. The molecule has 4 nitrogen and oxygen atoms in total. The van der Waals surface area contributed by atoms with Gasteiger partial charge < -0.3 is 5.32 Å². The van der Waals surface area contributed by atoms with Crippen LogP contribution in [-0.2, 0) is 9.59 Å². The smallest absolute Gasteiger partial charge is 0.238 e. The molecule has 0 spiro atoms. The SMILES string of the molecule is Cc1cccc(N2C(=O)CSC2c2ccc(NC(=O)C(C)(C)C)cc2)c1C. The molecule has 1 N–H and O–H groups in total. The van der Waals surface area contributed by atoms with E-state index in [-0.39, 0.29) is 17.2 Å². The molecule has 27 heavy (non-hydrogen) atoms. The third-order valence-corrected chi connectivity index (χ3v) is 6.05. The highest BCUT2D eigenvalue weighted by molar-refractivity contribution is 8.00. The average Bonchev–Trinajstić information content (AvgIpc) is 2.99. The Bertz CT molecular complexity index is 869. The number of nitrogens with one attached hydrogen (secondary N) is 1. The Hall–Kier alpha value is -2.27. The second-order valence-electron chi connectivity index (χ2n) is 7.97. The van der Waals surface area contributed by atoms with Gasteiger partial charge in [-0.3, -0.25) is 14.5 Å². The van der Waals surface area contributed by atoms with Crippen LogP contribution >= 0.6 is 11.8 Å². The van der Waals surface area contributed by atoms with Gasteiger partial charge in [-0.15, -0.1) is 11.8 Å². The summed E-state index contributed by atoms with van der Waals surface area (Å²) < 4.78 is 0. The van der Waals surface area contributed by atoms with E-state index in [0.717, 1.165) is 22.5 Å². The fourth-order valence-corrected chi connectivity index (χ4v) is 4.15. The van der Waals surface area contributed by atoms with E-state index < -0.39 is 5.41 Å². The lowest BCUT2D eigenvalue weighted by Gasteiger charge is -2.26. The number of thioether (sulfide) groups is 1. The monoisotopic (exact) mass is 382 g/mol. The molecule has 1 saturated heterocycles. The number of nitrogens with zero attached hydrogens (tertiary/aromatic N) is 1. The quantitative estimate of drug-likeness (QED) is 0.806. The average molecular weight is 383 g/mol. The zero-order chi connectivity index (χ0) is 19.8. The molecular formula is C22H26N2O2S. The molecule has 1 aliphatic heterocycles. The molecule has 3 rings (SSSR count). The maximum Gasteiger partial charge on any atom is 0.238 e. The summed E-state index contributed by atoms with van der Waals surface area (Å²) in [7, 11) is 0. The van der Waals surface area contributed by atoms with Crippen molar-refractivity contribution in [3.05, 3.63) is 59.2 Å². The Balaban J connectivity index is 1.86. The summed E-state index contributed by atoms with van der Waals surface area (Å²) in [6, 6.07) is 13.9. The van der Waals surface area contributed by atoms with Crippen LogP contribution in [0.15, 0.2) is 42.5 Å². The summed E-state index contributed by atoms with van der Waals surface area (Å²) in [5.41, 5.74) is 4.67. The lowest BCUT2D eigenvalue weighted by molar-refractivity contribution is -0.123. The zero-order valence-electron chi connectivity index (χ0n) is 16.5. The van der Waals surface area contributed by atoms with Crippen molar-refractivity contribution < 1.29 is 9.59 Å². The Morgan fingerprint density at radius 2 is 1.78 bits per heavy atom. The Labute approximate surface area is 165 Å².